The van der Waals surface area contributed by atoms with Crippen molar-refractivity contribution in [2.75, 3.05) is 0 Å². The largest absolute Gasteiger partial charge is 0.493 e. The van der Waals surface area contributed by atoms with Gasteiger partial charge in [0.15, 0.2) is 0 Å². The second kappa shape index (κ2) is 33.6. The Morgan fingerprint density at radius 1 is 0.350 bits per heavy atom. The number of hydrogen-bond donors (Lipinski definition) is 0. The smallest absolute Gasteiger partial charge is 0.210 e. The first-order chi connectivity index (χ1) is 29.0. The van der Waals surface area contributed by atoms with Gasteiger partial charge in [-0.15, -0.1) is 0 Å². The van der Waals surface area contributed by atoms with Crippen LogP contribution >= 0.6 is 0 Å². The van der Waals surface area contributed by atoms with Crippen LogP contribution in [0.2, 0.25) is 0 Å². The molecule has 3 rings (SSSR count). The van der Waals surface area contributed by atoms with Crippen molar-refractivity contribution in [3.05, 3.63) is 86.0 Å². The molecule has 3 heteroatoms. The van der Waals surface area contributed by atoms with E-state index >= 15 is 0 Å². The maximum atomic E-state index is 12.7. The van der Waals surface area contributed by atoms with E-state index in [4.69, 9.17) is 0 Å². The van der Waals surface area contributed by atoms with E-state index in [0.717, 1.165) is 49.9 Å². The summed E-state index contributed by atoms with van der Waals surface area (Å²) in [4.78, 5) is 0. The fourth-order valence-electron chi connectivity index (χ4n) is 9.66. The maximum absolute atomic E-state index is 12.7. The molecule has 0 unspecified atom stereocenters. The summed E-state index contributed by atoms with van der Waals surface area (Å²) in [6, 6.07) is 10.1. The van der Waals surface area contributed by atoms with Gasteiger partial charge in [0.25, 0.3) is 0 Å². The third-order valence-corrected chi connectivity index (χ3v) is 13.3. The molecule has 1 heterocycles. The molecule has 342 valence electrons. The topological polar surface area (TPSA) is 25.3 Å². The average Bonchev–Trinajstić information content (AvgIpc) is 3.57. The Hall–Kier alpha value is -1.99. The standard InChI is InChI=1S/C57H94N2.Ni/c1-8-15-22-29-35-47-42-52(43-48(36-30-23-16-9-2)54(47)40-33-26-19-12-5)56-46-51(39-28-21-14-7)57(59(56)58)53-44-49(37-31-24-17-10-3)55(41-34-27-20-13-6)50(45-53)38-32-25-18-11-4;/h42-46H,8-41H2,1-7H3;. The number of benzene rings is 2. The summed E-state index contributed by atoms with van der Waals surface area (Å²) >= 11 is 0. The van der Waals surface area contributed by atoms with Crippen LogP contribution in [0.15, 0.2) is 35.9 Å². The zero-order chi connectivity index (χ0) is 42.5. The fraction of sp³-hybridized carbons (Fsp3) is 0.719. The predicted molar refractivity (Wildman–Crippen MR) is 263 cm³/mol. The molecule has 0 fully saturated rings. The van der Waals surface area contributed by atoms with E-state index in [1.165, 1.54) is 196 Å². The molecule has 0 N–H and O–H groups in total. The number of aryl methyl sites for hydroxylation is 4. The van der Waals surface area contributed by atoms with Crippen LogP contribution in [0.25, 0.3) is 16.9 Å². The van der Waals surface area contributed by atoms with Crippen molar-refractivity contribution < 1.29 is 21.2 Å². The summed E-state index contributed by atoms with van der Waals surface area (Å²) in [5, 5.41) is 0. The summed E-state index contributed by atoms with van der Waals surface area (Å²) in [6.07, 6.45) is 45.1. The molecule has 0 saturated carbocycles. The Morgan fingerprint density at radius 3 is 0.967 bits per heavy atom. The van der Waals surface area contributed by atoms with Crippen molar-refractivity contribution in [3.8, 4) is 0 Å². The van der Waals surface area contributed by atoms with Crippen molar-refractivity contribution >= 4 is 11.4 Å². The molecule has 0 bridgehead atoms. The van der Waals surface area contributed by atoms with E-state index in [2.05, 4.69) is 78.8 Å². The molecule has 2 aromatic rings. The van der Waals surface area contributed by atoms with Gasteiger partial charge in [0.2, 0.25) is 11.4 Å². The number of rotatable bonds is 36. The maximum Gasteiger partial charge on any atom is 0.210 e. The molecule has 0 aliphatic carbocycles. The van der Waals surface area contributed by atoms with Crippen molar-refractivity contribution in [2.45, 2.75) is 267 Å². The SMILES string of the molecule is CCCCCCc1cc(C2=CC(CCCCC)=C(c3cc(CCCCCC)c(CCCCCC)c(CCCCCC)c3)[N+]2=[N-])cc(CCCCCC)c1CCCCCC.[Ni]. The van der Waals surface area contributed by atoms with Gasteiger partial charge in [-0.3, -0.25) is 0 Å². The number of nitrogens with zero attached hydrogens (tertiary/aromatic N) is 2. The van der Waals surface area contributed by atoms with Gasteiger partial charge in [-0.2, -0.15) is 0 Å². The van der Waals surface area contributed by atoms with Crippen LogP contribution in [-0.4, -0.2) is 4.70 Å². The second-order valence-corrected chi connectivity index (χ2v) is 18.6. The summed E-state index contributed by atoms with van der Waals surface area (Å²) in [5.41, 5.74) is 28.1. The number of unbranched alkanes of at least 4 members (excludes halogenated alkanes) is 20. The van der Waals surface area contributed by atoms with Crippen molar-refractivity contribution in [2.24, 2.45) is 0 Å². The summed E-state index contributed by atoms with van der Waals surface area (Å²) < 4.78 is 1.66. The molecule has 0 atom stereocenters. The molecule has 1 aliphatic heterocycles. The van der Waals surface area contributed by atoms with Crippen LogP contribution in [0.3, 0.4) is 0 Å². The predicted octanol–water partition coefficient (Wildman–Crippen LogP) is 18.8. The number of allylic oxidation sites excluding steroid dienone is 2. The third kappa shape index (κ3) is 18.8. The normalized spacial score (nSPS) is 12.8. The molecular formula is C57H94N2Ni. The van der Waals surface area contributed by atoms with E-state index in [1.807, 2.05) is 0 Å². The molecule has 0 amide bonds. The van der Waals surface area contributed by atoms with E-state index in [1.54, 1.807) is 38.1 Å². The Kier molecular flexibility index (Phi) is 30.3. The Balaban J connectivity index is 0.0000124. The second-order valence-electron chi connectivity index (χ2n) is 18.6. The van der Waals surface area contributed by atoms with E-state index in [0.29, 0.717) is 0 Å². The Labute approximate surface area is 383 Å². The van der Waals surface area contributed by atoms with Gasteiger partial charge >= 0.3 is 0 Å². The average molecular weight is 866 g/mol. The molecule has 0 saturated heterocycles. The number of hydrogen-bond acceptors (Lipinski definition) is 0. The van der Waals surface area contributed by atoms with E-state index in [-0.39, 0.29) is 16.5 Å². The Morgan fingerprint density at radius 2 is 0.633 bits per heavy atom. The Bertz CT molecular complexity index is 1460. The molecule has 1 aliphatic rings. The van der Waals surface area contributed by atoms with Gasteiger partial charge < -0.3 is 5.53 Å². The van der Waals surface area contributed by atoms with Crippen LogP contribution < -0.4 is 0 Å². The van der Waals surface area contributed by atoms with Crippen LogP contribution in [0.4, 0.5) is 0 Å². The molecule has 0 radical (unpaired) electrons. The minimum Gasteiger partial charge on any atom is -0.493 e. The molecule has 2 aromatic carbocycles. The minimum atomic E-state index is 0. The fourth-order valence-corrected chi connectivity index (χ4v) is 9.66. The van der Waals surface area contributed by atoms with Crippen LogP contribution in [0.1, 0.15) is 273 Å². The van der Waals surface area contributed by atoms with E-state index < -0.39 is 0 Å². The van der Waals surface area contributed by atoms with Gasteiger partial charge in [0.05, 0.1) is 0 Å². The van der Waals surface area contributed by atoms with E-state index in [9.17, 15) is 5.53 Å². The van der Waals surface area contributed by atoms with Gasteiger partial charge in [-0.25, -0.2) is 4.70 Å². The molecule has 0 spiro atoms. The van der Waals surface area contributed by atoms with Gasteiger partial charge in [0.1, 0.15) is 0 Å². The summed E-state index contributed by atoms with van der Waals surface area (Å²) in [5.74, 6) is 0. The monoisotopic (exact) mass is 865 g/mol. The van der Waals surface area contributed by atoms with Crippen molar-refractivity contribution in [1.82, 2.24) is 0 Å². The van der Waals surface area contributed by atoms with Gasteiger partial charge in [0, 0.05) is 39.3 Å². The van der Waals surface area contributed by atoms with Gasteiger partial charge in [-0.05, 0) is 148 Å². The quantitative estimate of drug-likeness (QED) is 0.0370. The summed E-state index contributed by atoms with van der Waals surface area (Å²) in [6.45, 7) is 16.3. The molecule has 2 nitrogen and oxygen atoms in total. The molecule has 60 heavy (non-hydrogen) atoms. The minimum absolute atomic E-state index is 0. The van der Waals surface area contributed by atoms with Gasteiger partial charge in [-0.1, -0.05) is 177 Å². The van der Waals surface area contributed by atoms with Crippen molar-refractivity contribution in [1.29, 1.82) is 0 Å². The molecular weight excluding hydrogens is 771 g/mol. The first-order valence-electron chi connectivity index (χ1n) is 26.2. The zero-order valence-corrected chi connectivity index (χ0v) is 41.6. The summed E-state index contributed by atoms with van der Waals surface area (Å²) in [7, 11) is 0. The van der Waals surface area contributed by atoms with Crippen LogP contribution in [-0.2, 0) is 55.0 Å². The van der Waals surface area contributed by atoms with Crippen molar-refractivity contribution in [3.63, 3.8) is 0 Å². The molecule has 0 aromatic heterocycles. The van der Waals surface area contributed by atoms with Crippen LogP contribution in [0.5, 0.6) is 0 Å². The van der Waals surface area contributed by atoms with Crippen LogP contribution in [0, 0.1) is 0 Å². The zero-order valence-electron chi connectivity index (χ0n) is 40.6. The third-order valence-electron chi connectivity index (χ3n) is 13.3. The first-order valence-corrected chi connectivity index (χ1v) is 26.2. The first kappa shape index (κ1) is 54.1.